The normalized spacial score (nSPS) is 34.5. The number of aliphatic imine (C=N–C) groups is 1. The van der Waals surface area contributed by atoms with E-state index in [-0.39, 0.29) is 0 Å². The summed E-state index contributed by atoms with van der Waals surface area (Å²) in [5.74, 6) is 3.03. The van der Waals surface area contributed by atoms with Crippen LogP contribution >= 0.6 is 0 Å². The second-order valence-corrected chi connectivity index (χ2v) is 6.31. The zero-order valence-electron chi connectivity index (χ0n) is 9.15. The van der Waals surface area contributed by atoms with Gasteiger partial charge in [0.05, 0.1) is 11.9 Å². The van der Waals surface area contributed by atoms with Gasteiger partial charge in [0.15, 0.2) is 0 Å². The molecule has 2 rings (SSSR count). The Morgan fingerprint density at radius 2 is 1.73 bits per heavy atom. The van der Waals surface area contributed by atoms with Crippen molar-refractivity contribution < 1.29 is 4.21 Å². The topological polar surface area (TPSA) is 55.4 Å². The van der Waals surface area contributed by atoms with Gasteiger partial charge in [0, 0.05) is 28.2 Å². The van der Waals surface area contributed by atoms with E-state index in [1.807, 2.05) is 0 Å². The number of hydrogen-bond donors (Lipinski definition) is 1. The molecule has 86 valence electrons. The van der Waals surface area contributed by atoms with E-state index in [9.17, 15) is 4.21 Å². The molecule has 0 spiro atoms. The Hall–Kier alpha value is -0.380. The lowest BCUT2D eigenvalue weighted by molar-refractivity contribution is 0.590. The number of nitrogens with zero attached hydrogens (tertiary/aromatic N) is 1. The number of nitrogens with two attached hydrogens (primary N) is 1. The molecule has 4 heteroatoms. The van der Waals surface area contributed by atoms with Crippen molar-refractivity contribution >= 4 is 16.6 Å². The first-order valence-electron chi connectivity index (χ1n) is 5.94. The third kappa shape index (κ3) is 3.03. The van der Waals surface area contributed by atoms with Crippen molar-refractivity contribution in [2.45, 2.75) is 44.6 Å². The molecule has 0 aromatic carbocycles. The minimum Gasteiger partial charge on any atom is -0.387 e. The molecule has 1 heterocycles. The summed E-state index contributed by atoms with van der Waals surface area (Å²) < 4.78 is 11.2. The van der Waals surface area contributed by atoms with E-state index in [2.05, 4.69) is 4.99 Å². The van der Waals surface area contributed by atoms with Gasteiger partial charge < -0.3 is 5.73 Å². The van der Waals surface area contributed by atoms with E-state index in [0.29, 0.717) is 12.0 Å². The fraction of sp³-hybridized carbons (Fsp3) is 0.909. The molecule has 2 fully saturated rings. The van der Waals surface area contributed by atoms with Crippen molar-refractivity contribution in [3.05, 3.63) is 0 Å². The summed E-state index contributed by atoms with van der Waals surface area (Å²) in [4.78, 5) is 4.61. The molecule has 0 unspecified atom stereocenters. The van der Waals surface area contributed by atoms with Crippen molar-refractivity contribution in [3.8, 4) is 0 Å². The van der Waals surface area contributed by atoms with Crippen LogP contribution in [-0.4, -0.2) is 27.6 Å². The lowest BCUT2D eigenvalue weighted by atomic mass is 10.1. The lowest BCUT2D eigenvalue weighted by Gasteiger charge is -2.19. The van der Waals surface area contributed by atoms with E-state index in [1.54, 1.807) is 0 Å². The average molecular weight is 228 g/mol. The first-order valence-corrected chi connectivity index (χ1v) is 7.42. The van der Waals surface area contributed by atoms with Crippen LogP contribution in [0.2, 0.25) is 0 Å². The second-order valence-electron chi connectivity index (χ2n) is 4.61. The zero-order chi connectivity index (χ0) is 10.7. The Bertz CT molecular complexity index is 262. The Kier molecular flexibility index (Phi) is 3.78. The van der Waals surface area contributed by atoms with Crippen LogP contribution in [0.3, 0.4) is 0 Å². The quantitative estimate of drug-likeness (QED) is 0.574. The predicted octanol–water partition coefficient (Wildman–Crippen LogP) is 1.44. The van der Waals surface area contributed by atoms with Gasteiger partial charge in [-0.3, -0.25) is 9.20 Å². The van der Waals surface area contributed by atoms with Gasteiger partial charge in [0.2, 0.25) is 0 Å². The molecule has 0 atom stereocenters. The molecular weight excluding hydrogens is 208 g/mol. The second kappa shape index (κ2) is 5.10. The van der Waals surface area contributed by atoms with Crippen LogP contribution in [0.15, 0.2) is 4.99 Å². The van der Waals surface area contributed by atoms with Crippen molar-refractivity contribution in [1.82, 2.24) is 0 Å². The Labute approximate surface area is 94.0 Å². The summed E-state index contributed by atoms with van der Waals surface area (Å²) in [7, 11) is -0.588. The smallest absolute Gasteiger partial charge is 0.0971 e. The molecule has 0 bridgehead atoms. The maximum atomic E-state index is 11.2. The largest absolute Gasteiger partial charge is 0.387 e. The standard InChI is InChI=1S/C11H20N2OS/c12-11(9-3-1-2-4-9)13-10-5-7-15(14)8-6-10/h9-10H,1-8H2,(H2,12,13). The molecule has 0 aromatic rings. The Balaban J connectivity index is 1.88. The molecule has 2 aliphatic rings. The first kappa shape index (κ1) is 11.1. The fourth-order valence-corrected chi connectivity index (χ4v) is 3.72. The van der Waals surface area contributed by atoms with E-state index < -0.39 is 10.8 Å². The third-order valence-electron chi connectivity index (χ3n) is 3.46. The average Bonchev–Trinajstić information content (AvgIpc) is 2.74. The minimum atomic E-state index is -0.588. The zero-order valence-corrected chi connectivity index (χ0v) is 9.97. The maximum absolute atomic E-state index is 11.2. The predicted molar refractivity (Wildman–Crippen MR) is 64.5 cm³/mol. The Morgan fingerprint density at radius 1 is 1.13 bits per heavy atom. The molecule has 1 aliphatic heterocycles. The van der Waals surface area contributed by atoms with Crippen molar-refractivity contribution in [2.75, 3.05) is 11.5 Å². The van der Waals surface area contributed by atoms with Gasteiger partial charge in [-0.15, -0.1) is 0 Å². The van der Waals surface area contributed by atoms with Crippen LogP contribution in [0.5, 0.6) is 0 Å². The number of amidine groups is 1. The van der Waals surface area contributed by atoms with Gasteiger partial charge in [-0.2, -0.15) is 0 Å². The molecule has 1 saturated heterocycles. The summed E-state index contributed by atoms with van der Waals surface area (Å²) in [5, 5.41) is 0. The van der Waals surface area contributed by atoms with Gasteiger partial charge in [-0.25, -0.2) is 0 Å². The third-order valence-corrected chi connectivity index (χ3v) is 4.84. The lowest BCUT2D eigenvalue weighted by Crippen LogP contribution is -2.28. The van der Waals surface area contributed by atoms with Crippen LogP contribution < -0.4 is 5.73 Å². The Morgan fingerprint density at radius 3 is 2.33 bits per heavy atom. The molecule has 0 radical (unpaired) electrons. The highest BCUT2D eigenvalue weighted by atomic mass is 32.2. The summed E-state index contributed by atoms with van der Waals surface area (Å²) in [6.07, 6.45) is 6.95. The maximum Gasteiger partial charge on any atom is 0.0971 e. The molecule has 2 N–H and O–H groups in total. The highest BCUT2D eigenvalue weighted by molar-refractivity contribution is 7.85. The highest BCUT2D eigenvalue weighted by Gasteiger charge is 2.21. The molecule has 1 aliphatic carbocycles. The first-order chi connectivity index (χ1) is 7.25. The monoisotopic (exact) mass is 228 g/mol. The summed E-state index contributed by atoms with van der Waals surface area (Å²) in [6.45, 7) is 0. The van der Waals surface area contributed by atoms with E-state index >= 15 is 0 Å². The van der Waals surface area contributed by atoms with Crippen LogP contribution in [0.25, 0.3) is 0 Å². The SMILES string of the molecule is NC(=NC1CCS(=O)CC1)C1CCCC1. The molecule has 15 heavy (non-hydrogen) atoms. The van der Waals surface area contributed by atoms with Crippen molar-refractivity contribution in [3.63, 3.8) is 0 Å². The number of hydrogen-bond acceptors (Lipinski definition) is 2. The van der Waals surface area contributed by atoms with E-state index in [0.717, 1.165) is 30.2 Å². The van der Waals surface area contributed by atoms with E-state index in [1.165, 1.54) is 25.7 Å². The van der Waals surface area contributed by atoms with Gasteiger partial charge in [-0.05, 0) is 25.7 Å². The van der Waals surface area contributed by atoms with Crippen molar-refractivity contribution in [1.29, 1.82) is 0 Å². The summed E-state index contributed by atoms with van der Waals surface area (Å²) >= 11 is 0. The highest BCUT2D eigenvalue weighted by Crippen LogP contribution is 2.25. The molecule has 3 nitrogen and oxygen atoms in total. The van der Waals surface area contributed by atoms with E-state index in [4.69, 9.17) is 5.73 Å². The molecule has 0 amide bonds. The number of rotatable bonds is 2. The molecule has 0 aromatic heterocycles. The van der Waals surface area contributed by atoms with Gasteiger partial charge in [0.25, 0.3) is 0 Å². The molecule has 1 saturated carbocycles. The van der Waals surface area contributed by atoms with Crippen LogP contribution in [-0.2, 0) is 10.8 Å². The summed E-state index contributed by atoms with van der Waals surface area (Å²) in [5.41, 5.74) is 6.02. The van der Waals surface area contributed by atoms with Gasteiger partial charge >= 0.3 is 0 Å². The van der Waals surface area contributed by atoms with Crippen LogP contribution in [0.1, 0.15) is 38.5 Å². The minimum absolute atomic E-state index is 0.350. The van der Waals surface area contributed by atoms with Crippen LogP contribution in [0.4, 0.5) is 0 Å². The van der Waals surface area contributed by atoms with Gasteiger partial charge in [-0.1, -0.05) is 12.8 Å². The van der Waals surface area contributed by atoms with Crippen molar-refractivity contribution in [2.24, 2.45) is 16.6 Å². The van der Waals surface area contributed by atoms with Gasteiger partial charge in [0.1, 0.15) is 0 Å². The fourth-order valence-electron chi connectivity index (χ4n) is 2.45. The summed E-state index contributed by atoms with van der Waals surface area (Å²) in [6, 6.07) is 0.350. The molecular formula is C11H20N2OS. The van der Waals surface area contributed by atoms with Crippen LogP contribution in [0, 0.1) is 5.92 Å².